The molecule has 1 N–H and O–H groups in total. The first-order valence-corrected chi connectivity index (χ1v) is 7.02. The lowest BCUT2D eigenvalue weighted by Gasteiger charge is -2.44. The zero-order chi connectivity index (χ0) is 13.0. The number of benzene rings is 1. The summed E-state index contributed by atoms with van der Waals surface area (Å²) >= 11 is 0. The molecule has 1 saturated carbocycles. The van der Waals surface area contributed by atoms with Gasteiger partial charge in [0.25, 0.3) is 0 Å². The van der Waals surface area contributed by atoms with E-state index >= 15 is 0 Å². The standard InChI is InChI=1S/C16H26N2/c1-14-5-7-15(8-6-14)11-18(3)13-16(12-17-2)9-4-10-16/h5-8,17H,4,9-13H2,1-3H3. The van der Waals surface area contributed by atoms with Gasteiger partial charge in [-0.25, -0.2) is 0 Å². The van der Waals surface area contributed by atoms with Gasteiger partial charge in [-0.2, -0.15) is 0 Å². The van der Waals surface area contributed by atoms with Gasteiger partial charge in [0.2, 0.25) is 0 Å². The second-order valence-electron chi connectivity index (χ2n) is 6.04. The van der Waals surface area contributed by atoms with E-state index in [1.54, 1.807) is 0 Å². The summed E-state index contributed by atoms with van der Waals surface area (Å²) in [6.07, 6.45) is 4.16. The van der Waals surface area contributed by atoms with Crippen molar-refractivity contribution in [3.8, 4) is 0 Å². The van der Waals surface area contributed by atoms with Crippen molar-refractivity contribution < 1.29 is 0 Å². The van der Waals surface area contributed by atoms with Crippen LogP contribution in [0, 0.1) is 12.3 Å². The Morgan fingerprint density at radius 3 is 2.39 bits per heavy atom. The molecule has 1 aliphatic rings. The third kappa shape index (κ3) is 3.33. The zero-order valence-corrected chi connectivity index (χ0v) is 12.0. The van der Waals surface area contributed by atoms with E-state index in [2.05, 4.69) is 55.5 Å². The van der Waals surface area contributed by atoms with E-state index in [-0.39, 0.29) is 0 Å². The quantitative estimate of drug-likeness (QED) is 0.830. The third-order valence-corrected chi connectivity index (χ3v) is 4.14. The predicted octanol–water partition coefficient (Wildman–Crippen LogP) is 2.82. The molecule has 1 aliphatic carbocycles. The Morgan fingerprint density at radius 2 is 1.89 bits per heavy atom. The molecule has 2 nitrogen and oxygen atoms in total. The Bertz CT molecular complexity index is 365. The molecule has 0 aromatic heterocycles. The maximum Gasteiger partial charge on any atom is 0.0230 e. The van der Waals surface area contributed by atoms with E-state index in [1.165, 1.54) is 36.9 Å². The van der Waals surface area contributed by atoms with Gasteiger partial charge in [-0.3, -0.25) is 0 Å². The van der Waals surface area contributed by atoms with Crippen LogP contribution in [0.25, 0.3) is 0 Å². The molecule has 0 radical (unpaired) electrons. The number of aryl methyl sites for hydroxylation is 1. The first kappa shape index (κ1) is 13.6. The van der Waals surface area contributed by atoms with Gasteiger partial charge >= 0.3 is 0 Å². The summed E-state index contributed by atoms with van der Waals surface area (Å²) in [4.78, 5) is 2.47. The lowest BCUT2D eigenvalue weighted by Crippen LogP contribution is -2.46. The Labute approximate surface area is 111 Å². The highest BCUT2D eigenvalue weighted by atomic mass is 15.1. The van der Waals surface area contributed by atoms with Crippen molar-refractivity contribution in [2.24, 2.45) is 5.41 Å². The van der Waals surface area contributed by atoms with Crippen LogP contribution in [-0.4, -0.2) is 32.1 Å². The highest BCUT2D eigenvalue weighted by Gasteiger charge is 2.36. The molecule has 18 heavy (non-hydrogen) atoms. The Hall–Kier alpha value is -0.860. The van der Waals surface area contributed by atoms with Crippen LogP contribution in [0.5, 0.6) is 0 Å². The van der Waals surface area contributed by atoms with Gasteiger partial charge in [-0.15, -0.1) is 0 Å². The number of nitrogens with one attached hydrogen (secondary N) is 1. The maximum absolute atomic E-state index is 3.36. The summed E-state index contributed by atoms with van der Waals surface area (Å²) < 4.78 is 0. The lowest BCUT2D eigenvalue weighted by atomic mass is 9.68. The summed E-state index contributed by atoms with van der Waals surface area (Å²) in [6, 6.07) is 8.90. The van der Waals surface area contributed by atoms with Crippen molar-refractivity contribution in [1.82, 2.24) is 10.2 Å². The highest BCUT2D eigenvalue weighted by Crippen LogP contribution is 2.40. The summed E-state index contributed by atoms with van der Waals surface area (Å²) in [5.74, 6) is 0. The van der Waals surface area contributed by atoms with Crippen molar-refractivity contribution in [1.29, 1.82) is 0 Å². The summed E-state index contributed by atoms with van der Waals surface area (Å²) in [5, 5.41) is 3.36. The fourth-order valence-electron chi connectivity index (χ4n) is 3.08. The van der Waals surface area contributed by atoms with Crippen molar-refractivity contribution >= 4 is 0 Å². The SMILES string of the molecule is CNCC1(CN(C)Cc2ccc(C)cc2)CCC1. The van der Waals surface area contributed by atoms with Crippen LogP contribution in [-0.2, 0) is 6.54 Å². The van der Waals surface area contributed by atoms with Crippen LogP contribution < -0.4 is 5.32 Å². The molecule has 0 amide bonds. The first-order chi connectivity index (χ1) is 8.63. The Morgan fingerprint density at radius 1 is 1.22 bits per heavy atom. The van der Waals surface area contributed by atoms with Gasteiger partial charge in [0, 0.05) is 19.6 Å². The number of nitrogens with zero attached hydrogens (tertiary/aromatic N) is 1. The van der Waals surface area contributed by atoms with Crippen LogP contribution >= 0.6 is 0 Å². The molecule has 0 aliphatic heterocycles. The van der Waals surface area contributed by atoms with Crippen LogP contribution in [0.15, 0.2) is 24.3 Å². The predicted molar refractivity (Wildman–Crippen MR) is 77.7 cm³/mol. The summed E-state index contributed by atoms with van der Waals surface area (Å²) in [6.45, 7) is 5.57. The molecule has 0 unspecified atom stereocenters. The Kier molecular flexibility index (Phi) is 4.41. The molecule has 1 aromatic carbocycles. The molecule has 2 heteroatoms. The average Bonchev–Trinajstić information content (AvgIpc) is 2.29. The second kappa shape index (κ2) is 5.85. The Balaban J connectivity index is 1.88. The minimum Gasteiger partial charge on any atom is -0.319 e. The monoisotopic (exact) mass is 246 g/mol. The molecule has 0 saturated heterocycles. The second-order valence-corrected chi connectivity index (χ2v) is 6.04. The smallest absolute Gasteiger partial charge is 0.0230 e. The maximum atomic E-state index is 3.36. The fraction of sp³-hybridized carbons (Fsp3) is 0.625. The topological polar surface area (TPSA) is 15.3 Å². The van der Waals surface area contributed by atoms with Crippen molar-refractivity contribution in [2.45, 2.75) is 32.7 Å². The van der Waals surface area contributed by atoms with E-state index < -0.39 is 0 Å². The first-order valence-electron chi connectivity index (χ1n) is 7.02. The number of hydrogen-bond donors (Lipinski definition) is 1. The molecule has 0 spiro atoms. The van der Waals surface area contributed by atoms with Crippen LogP contribution in [0.4, 0.5) is 0 Å². The fourth-order valence-corrected chi connectivity index (χ4v) is 3.08. The van der Waals surface area contributed by atoms with E-state index in [0.29, 0.717) is 5.41 Å². The zero-order valence-electron chi connectivity index (χ0n) is 12.0. The van der Waals surface area contributed by atoms with E-state index in [0.717, 1.165) is 13.1 Å². The van der Waals surface area contributed by atoms with E-state index in [1.807, 2.05) is 0 Å². The molecule has 0 atom stereocenters. The third-order valence-electron chi connectivity index (χ3n) is 4.14. The van der Waals surface area contributed by atoms with Crippen molar-refractivity contribution in [3.63, 3.8) is 0 Å². The lowest BCUT2D eigenvalue weighted by molar-refractivity contribution is 0.0768. The van der Waals surface area contributed by atoms with E-state index in [4.69, 9.17) is 0 Å². The van der Waals surface area contributed by atoms with Crippen LogP contribution in [0.1, 0.15) is 30.4 Å². The van der Waals surface area contributed by atoms with Crippen LogP contribution in [0.2, 0.25) is 0 Å². The largest absolute Gasteiger partial charge is 0.319 e. The molecule has 100 valence electrons. The van der Waals surface area contributed by atoms with Gasteiger partial charge in [0.1, 0.15) is 0 Å². The minimum absolute atomic E-state index is 0.536. The van der Waals surface area contributed by atoms with Crippen molar-refractivity contribution in [2.75, 3.05) is 27.2 Å². The molecule has 0 bridgehead atoms. The molecular formula is C16H26N2. The van der Waals surface area contributed by atoms with Crippen LogP contribution in [0.3, 0.4) is 0 Å². The van der Waals surface area contributed by atoms with E-state index in [9.17, 15) is 0 Å². The van der Waals surface area contributed by atoms with Gasteiger partial charge in [0.15, 0.2) is 0 Å². The molecule has 1 fully saturated rings. The summed E-state index contributed by atoms with van der Waals surface area (Å²) in [7, 11) is 4.32. The normalized spacial score (nSPS) is 17.8. The molecule has 2 rings (SSSR count). The average molecular weight is 246 g/mol. The van der Waals surface area contributed by atoms with Gasteiger partial charge < -0.3 is 10.2 Å². The summed E-state index contributed by atoms with van der Waals surface area (Å²) in [5.41, 5.74) is 3.29. The van der Waals surface area contributed by atoms with Gasteiger partial charge in [-0.05, 0) is 44.8 Å². The van der Waals surface area contributed by atoms with Crippen molar-refractivity contribution in [3.05, 3.63) is 35.4 Å². The molecular weight excluding hydrogens is 220 g/mol. The number of hydrogen-bond acceptors (Lipinski definition) is 2. The minimum atomic E-state index is 0.536. The molecule has 0 heterocycles. The highest BCUT2D eigenvalue weighted by molar-refractivity contribution is 5.21. The number of rotatable bonds is 6. The molecule has 1 aromatic rings. The van der Waals surface area contributed by atoms with Gasteiger partial charge in [0.05, 0.1) is 0 Å². The van der Waals surface area contributed by atoms with Gasteiger partial charge in [-0.1, -0.05) is 36.2 Å².